The van der Waals surface area contributed by atoms with Crippen LogP contribution in [-0.4, -0.2) is 15.0 Å². The summed E-state index contributed by atoms with van der Waals surface area (Å²) in [5, 5.41) is 0.780. The minimum Gasteiger partial charge on any atom is -0.339 e. The number of nitrogens with two attached hydrogens (primary N) is 1. The van der Waals surface area contributed by atoms with Crippen molar-refractivity contribution < 1.29 is 0 Å². The van der Waals surface area contributed by atoms with E-state index in [-0.39, 0.29) is 6.04 Å². The number of imidazole rings is 1. The molecule has 74 valence electrons. The standard InChI is InChI=1S/C8H9ClN4S/c1-4(10)5-2-11-7(13-5)8-12-3-6(9)14-8/h2-4H,10H2,1H3,(H,11,13). The van der Waals surface area contributed by atoms with Crippen LogP contribution in [0.4, 0.5) is 0 Å². The zero-order valence-electron chi connectivity index (χ0n) is 7.49. The highest BCUT2D eigenvalue weighted by Gasteiger charge is 2.09. The molecule has 0 fully saturated rings. The fourth-order valence-electron chi connectivity index (χ4n) is 1.04. The lowest BCUT2D eigenvalue weighted by molar-refractivity contribution is 0.789. The molecular weight excluding hydrogens is 220 g/mol. The molecule has 0 aliphatic heterocycles. The fraction of sp³-hybridized carbons (Fsp3) is 0.250. The average molecular weight is 229 g/mol. The highest BCUT2D eigenvalue weighted by atomic mass is 35.5. The van der Waals surface area contributed by atoms with Crippen LogP contribution in [0.2, 0.25) is 4.34 Å². The van der Waals surface area contributed by atoms with E-state index >= 15 is 0 Å². The van der Waals surface area contributed by atoms with Gasteiger partial charge in [0.2, 0.25) is 0 Å². The first-order valence-corrected chi connectivity index (χ1v) is 5.28. The SMILES string of the molecule is CC(N)c1cnc(-c2ncc(Cl)s2)[nH]1. The molecule has 0 saturated heterocycles. The number of H-pyrrole nitrogens is 1. The number of aromatic nitrogens is 3. The van der Waals surface area contributed by atoms with E-state index in [2.05, 4.69) is 15.0 Å². The molecule has 0 aromatic carbocycles. The number of halogens is 1. The fourth-order valence-corrected chi connectivity index (χ4v) is 1.90. The zero-order chi connectivity index (χ0) is 10.1. The van der Waals surface area contributed by atoms with Crippen molar-refractivity contribution in [2.45, 2.75) is 13.0 Å². The molecular formula is C8H9ClN4S. The Morgan fingerprint density at radius 2 is 2.29 bits per heavy atom. The Labute approximate surface area is 90.2 Å². The van der Waals surface area contributed by atoms with Gasteiger partial charge in [-0.25, -0.2) is 9.97 Å². The van der Waals surface area contributed by atoms with Crippen molar-refractivity contribution in [3.05, 3.63) is 22.4 Å². The first-order valence-electron chi connectivity index (χ1n) is 4.09. The van der Waals surface area contributed by atoms with E-state index in [1.165, 1.54) is 11.3 Å². The van der Waals surface area contributed by atoms with Crippen molar-refractivity contribution in [3.63, 3.8) is 0 Å². The third-order valence-electron chi connectivity index (χ3n) is 1.77. The Kier molecular flexibility index (Phi) is 2.54. The molecule has 0 amide bonds. The maximum absolute atomic E-state index is 5.77. The molecule has 2 aromatic heterocycles. The quantitative estimate of drug-likeness (QED) is 0.828. The van der Waals surface area contributed by atoms with Crippen molar-refractivity contribution in [1.82, 2.24) is 15.0 Å². The Bertz CT molecular complexity index is 434. The molecule has 0 spiro atoms. The Balaban J connectivity index is 2.33. The first-order chi connectivity index (χ1) is 6.66. The number of hydrogen-bond acceptors (Lipinski definition) is 4. The Hall–Kier alpha value is -0.910. The summed E-state index contributed by atoms with van der Waals surface area (Å²) < 4.78 is 0.652. The summed E-state index contributed by atoms with van der Waals surface area (Å²) in [6.07, 6.45) is 3.32. The van der Waals surface area contributed by atoms with Crippen molar-refractivity contribution >= 4 is 22.9 Å². The van der Waals surface area contributed by atoms with Crippen molar-refractivity contribution in [1.29, 1.82) is 0 Å². The topological polar surface area (TPSA) is 67.6 Å². The zero-order valence-corrected chi connectivity index (χ0v) is 9.06. The van der Waals surface area contributed by atoms with Crippen molar-refractivity contribution in [3.8, 4) is 10.8 Å². The lowest BCUT2D eigenvalue weighted by Gasteiger charge is -1.97. The van der Waals surface area contributed by atoms with Crippen LogP contribution in [0.15, 0.2) is 12.4 Å². The van der Waals surface area contributed by atoms with Gasteiger partial charge in [-0.1, -0.05) is 22.9 Å². The summed E-state index contributed by atoms with van der Waals surface area (Å²) in [6.45, 7) is 1.89. The molecule has 0 bridgehead atoms. The van der Waals surface area contributed by atoms with Gasteiger partial charge in [-0.2, -0.15) is 0 Å². The molecule has 3 N–H and O–H groups in total. The number of hydrogen-bond donors (Lipinski definition) is 2. The van der Waals surface area contributed by atoms with Gasteiger partial charge in [0.1, 0.15) is 4.34 Å². The molecule has 4 nitrogen and oxygen atoms in total. The molecule has 14 heavy (non-hydrogen) atoms. The van der Waals surface area contributed by atoms with Crippen LogP contribution in [0, 0.1) is 0 Å². The highest BCUT2D eigenvalue weighted by molar-refractivity contribution is 7.18. The summed E-state index contributed by atoms with van der Waals surface area (Å²) in [6, 6.07) is -0.0494. The highest BCUT2D eigenvalue weighted by Crippen LogP contribution is 2.26. The molecule has 2 heterocycles. The lowest BCUT2D eigenvalue weighted by Crippen LogP contribution is -2.04. The largest absolute Gasteiger partial charge is 0.339 e. The smallest absolute Gasteiger partial charge is 0.166 e. The first kappa shape index (κ1) is 9.64. The van der Waals surface area contributed by atoms with Gasteiger partial charge in [-0.3, -0.25) is 0 Å². The number of rotatable bonds is 2. The molecule has 2 aromatic rings. The molecule has 1 atom stereocenters. The van der Waals surface area contributed by atoms with Crippen LogP contribution in [0.1, 0.15) is 18.7 Å². The number of aromatic amines is 1. The average Bonchev–Trinajstić information content (AvgIpc) is 2.70. The monoisotopic (exact) mass is 228 g/mol. The van der Waals surface area contributed by atoms with Crippen LogP contribution >= 0.6 is 22.9 Å². The van der Waals surface area contributed by atoms with Crippen LogP contribution in [0.25, 0.3) is 10.8 Å². The van der Waals surface area contributed by atoms with E-state index in [9.17, 15) is 0 Å². The second-order valence-corrected chi connectivity index (χ2v) is 4.61. The second-order valence-electron chi connectivity index (χ2n) is 2.95. The normalized spacial score (nSPS) is 13.1. The predicted molar refractivity (Wildman–Crippen MR) is 57.3 cm³/mol. The summed E-state index contributed by atoms with van der Waals surface area (Å²) in [7, 11) is 0. The molecule has 2 rings (SSSR count). The van der Waals surface area contributed by atoms with E-state index in [0.29, 0.717) is 10.2 Å². The van der Waals surface area contributed by atoms with E-state index in [1.807, 2.05) is 6.92 Å². The minimum absolute atomic E-state index is 0.0494. The lowest BCUT2D eigenvalue weighted by atomic mass is 10.3. The Morgan fingerprint density at radius 3 is 2.79 bits per heavy atom. The van der Waals surface area contributed by atoms with Gasteiger partial charge in [-0.05, 0) is 6.92 Å². The van der Waals surface area contributed by atoms with Crippen LogP contribution in [-0.2, 0) is 0 Å². The molecule has 1 unspecified atom stereocenters. The molecule has 0 saturated carbocycles. The maximum Gasteiger partial charge on any atom is 0.166 e. The summed E-state index contributed by atoms with van der Waals surface area (Å²) in [5.41, 5.74) is 6.59. The summed E-state index contributed by atoms with van der Waals surface area (Å²) >= 11 is 7.15. The van der Waals surface area contributed by atoms with Gasteiger partial charge in [0.05, 0.1) is 18.1 Å². The van der Waals surface area contributed by atoms with Gasteiger partial charge in [0.25, 0.3) is 0 Å². The van der Waals surface area contributed by atoms with E-state index in [0.717, 1.165) is 10.7 Å². The van der Waals surface area contributed by atoms with E-state index in [4.69, 9.17) is 17.3 Å². The van der Waals surface area contributed by atoms with Crippen LogP contribution < -0.4 is 5.73 Å². The van der Waals surface area contributed by atoms with Gasteiger partial charge in [-0.15, -0.1) is 0 Å². The number of nitrogens with zero attached hydrogens (tertiary/aromatic N) is 2. The summed E-state index contributed by atoms with van der Waals surface area (Å²) in [5.74, 6) is 0.717. The third-order valence-corrected chi connectivity index (χ3v) is 2.89. The maximum atomic E-state index is 5.77. The van der Waals surface area contributed by atoms with Crippen LogP contribution in [0.3, 0.4) is 0 Å². The van der Waals surface area contributed by atoms with Crippen LogP contribution in [0.5, 0.6) is 0 Å². The van der Waals surface area contributed by atoms with Gasteiger partial charge in [0.15, 0.2) is 10.8 Å². The van der Waals surface area contributed by atoms with Crippen molar-refractivity contribution in [2.24, 2.45) is 5.73 Å². The Morgan fingerprint density at radius 1 is 1.50 bits per heavy atom. The number of nitrogens with one attached hydrogen (secondary N) is 1. The summed E-state index contributed by atoms with van der Waals surface area (Å²) in [4.78, 5) is 11.4. The van der Waals surface area contributed by atoms with E-state index in [1.54, 1.807) is 12.4 Å². The molecule has 0 aliphatic rings. The number of thiazole rings is 1. The molecule has 6 heteroatoms. The van der Waals surface area contributed by atoms with Gasteiger partial charge < -0.3 is 10.7 Å². The molecule has 0 aliphatic carbocycles. The molecule has 0 radical (unpaired) electrons. The van der Waals surface area contributed by atoms with E-state index < -0.39 is 0 Å². The second kappa shape index (κ2) is 3.68. The third kappa shape index (κ3) is 1.79. The minimum atomic E-state index is -0.0494. The van der Waals surface area contributed by atoms with Crippen molar-refractivity contribution in [2.75, 3.05) is 0 Å². The van der Waals surface area contributed by atoms with Gasteiger partial charge >= 0.3 is 0 Å². The van der Waals surface area contributed by atoms with Gasteiger partial charge in [0, 0.05) is 6.04 Å². The predicted octanol–water partition coefficient (Wildman–Crippen LogP) is 2.21.